The molecule has 21 heavy (non-hydrogen) atoms. The van der Waals surface area contributed by atoms with Crippen LogP contribution in [0.5, 0.6) is 5.75 Å². The lowest BCUT2D eigenvalue weighted by molar-refractivity contribution is 0.414. The smallest absolute Gasteiger partial charge is 0.277 e. The van der Waals surface area contributed by atoms with Gasteiger partial charge in [-0.15, -0.1) is 21.5 Å². The molecular weight excluding hydrogens is 306 g/mol. The van der Waals surface area contributed by atoms with Crippen molar-refractivity contribution in [1.82, 2.24) is 15.2 Å². The number of ether oxygens (including phenoxy) is 1. The molecule has 2 heterocycles. The molecule has 0 atom stereocenters. The molecule has 3 rings (SSSR count). The Labute approximate surface area is 130 Å². The van der Waals surface area contributed by atoms with Gasteiger partial charge in [0.25, 0.3) is 5.22 Å². The fraction of sp³-hybridized carbons (Fsp3) is 0.214. The van der Waals surface area contributed by atoms with E-state index in [-0.39, 0.29) is 0 Å². The van der Waals surface area contributed by atoms with Crippen LogP contribution in [0.2, 0.25) is 0 Å². The van der Waals surface area contributed by atoms with Crippen molar-refractivity contribution in [2.45, 2.75) is 17.9 Å². The van der Waals surface area contributed by atoms with E-state index >= 15 is 0 Å². The molecule has 0 bridgehead atoms. The van der Waals surface area contributed by atoms with Crippen LogP contribution in [0.15, 0.2) is 39.3 Å². The van der Waals surface area contributed by atoms with E-state index in [1.165, 1.54) is 11.8 Å². The van der Waals surface area contributed by atoms with Gasteiger partial charge in [0.15, 0.2) is 0 Å². The molecule has 0 saturated carbocycles. The maximum Gasteiger partial charge on any atom is 0.277 e. The van der Waals surface area contributed by atoms with E-state index in [0.717, 1.165) is 27.8 Å². The van der Waals surface area contributed by atoms with Crippen LogP contribution >= 0.6 is 23.1 Å². The van der Waals surface area contributed by atoms with Crippen LogP contribution in [0.1, 0.15) is 10.7 Å². The standard InChI is InChI=1S/C14H13N3O2S2/c1-9-15-11(7-20-9)8-21-14-17-16-13(19-14)10-3-5-12(18-2)6-4-10/h3-7H,8H2,1-2H3. The number of nitrogens with zero attached hydrogens (tertiary/aromatic N) is 3. The minimum absolute atomic E-state index is 0.509. The topological polar surface area (TPSA) is 61.0 Å². The number of hydrogen-bond acceptors (Lipinski definition) is 7. The van der Waals surface area contributed by atoms with E-state index in [9.17, 15) is 0 Å². The number of hydrogen-bond donors (Lipinski definition) is 0. The molecule has 108 valence electrons. The SMILES string of the molecule is COc1ccc(-c2nnc(SCc3csc(C)n3)o2)cc1. The Morgan fingerprint density at radius 1 is 1.24 bits per heavy atom. The van der Waals surface area contributed by atoms with Crippen LogP contribution < -0.4 is 4.74 Å². The summed E-state index contributed by atoms with van der Waals surface area (Å²) in [5.41, 5.74) is 1.91. The van der Waals surface area contributed by atoms with Crippen molar-refractivity contribution in [1.29, 1.82) is 0 Å². The average molecular weight is 319 g/mol. The molecule has 0 fully saturated rings. The van der Waals surface area contributed by atoms with Crippen molar-refractivity contribution in [3.63, 3.8) is 0 Å². The zero-order valence-corrected chi connectivity index (χ0v) is 13.2. The van der Waals surface area contributed by atoms with Gasteiger partial charge in [-0.05, 0) is 31.2 Å². The Morgan fingerprint density at radius 2 is 2.05 bits per heavy atom. The second-order valence-electron chi connectivity index (χ2n) is 4.25. The normalized spacial score (nSPS) is 10.8. The van der Waals surface area contributed by atoms with Crippen molar-refractivity contribution < 1.29 is 9.15 Å². The second kappa shape index (κ2) is 6.28. The summed E-state index contributed by atoms with van der Waals surface area (Å²) in [7, 11) is 1.64. The Hall–Kier alpha value is -1.86. The second-order valence-corrected chi connectivity index (χ2v) is 6.24. The minimum atomic E-state index is 0.509. The summed E-state index contributed by atoms with van der Waals surface area (Å²) >= 11 is 3.13. The van der Waals surface area contributed by atoms with Gasteiger partial charge in [0.2, 0.25) is 5.89 Å². The molecule has 0 aliphatic carbocycles. The lowest BCUT2D eigenvalue weighted by Gasteiger charge is -1.99. The highest BCUT2D eigenvalue weighted by atomic mass is 32.2. The van der Waals surface area contributed by atoms with Crippen molar-refractivity contribution in [2.75, 3.05) is 7.11 Å². The molecule has 5 nitrogen and oxygen atoms in total. The predicted molar refractivity (Wildman–Crippen MR) is 82.7 cm³/mol. The molecule has 0 saturated heterocycles. The summed E-state index contributed by atoms with van der Waals surface area (Å²) in [4.78, 5) is 4.40. The molecule has 2 aromatic heterocycles. The summed E-state index contributed by atoms with van der Waals surface area (Å²) in [6.07, 6.45) is 0. The van der Waals surface area contributed by atoms with Gasteiger partial charge in [0.05, 0.1) is 17.8 Å². The lowest BCUT2D eigenvalue weighted by Crippen LogP contribution is -1.82. The summed E-state index contributed by atoms with van der Waals surface area (Å²) < 4.78 is 10.8. The van der Waals surface area contributed by atoms with Gasteiger partial charge in [-0.25, -0.2) is 4.98 Å². The molecule has 0 amide bonds. The number of thiazole rings is 1. The third-order valence-corrected chi connectivity index (χ3v) is 4.43. The first-order valence-electron chi connectivity index (χ1n) is 6.26. The summed E-state index contributed by atoms with van der Waals surface area (Å²) in [5.74, 6) is 2.04. The van der Waals surface area contributed by atoms with Crippen LogP contribution in [-0.2, 0) is 5.75 Å². The van der Waals surface area contributed by atoms with E-state index in [1.807, 2.05) is 36.6 Å². The van der Waals surface area contributed by atoms with Gasteiger partial charge in [0.1, 0.15) is 5.75 Å². The highest BCUT2D eigenvalue weighted by Gasteiger charge is 2.10. The van der Waals surface area contributed by atoms with Gasteiger partial charge in [0, 0.05) is 16.7 Å². The highest BCUT2D eigenvalue weighted by Crippen LogP contribution is 2.27. The number of rotatable bonds is 5. The minimum Gasteiger partial charge on any atom is -0.497 e. The third-order valence-electron chi connectivity index (χ3n) is 2.75. The molecule has 0 unspecified atom stereocenters. The molecule has 0 aliphatic heterocycles. The largest absolute Gasteiger partial charge is 0.497 e. The summed E-state index contributed by atoms with van der Waals surface area (Å²) in [6, 6.07) is 7.52. The van der Waals surface area contributed by atoms with Crippen LogP contribution in [0.3, 0.4) is 0 Å². The Kier molecular flexibility index (Phi) is 4.21. The van der Waals surface area contributed by atoms with Gasteiger partial charge >= 0.3 is 0 Å². The van der Waals surface area contributed by atoms with Gasteiger partial charge in [-0.3, -0.25) is 0 Å². The highest BCUT2D eigenvalue weighted by molar-refractivity contribution is 7.98. The van der Waals surface area contributed by atoms with Crippen molar-refractivity contribution in [3.05, 3.63) is 40.3 Å². The Morgan fingerprint density at radius 3 is 2.71 bits per heavy atom. The Balaban J connectivity index is 1.67. The van der Waals surface area contributed by atoms with Crippen molar-refractivity contribution in [3.8, 4) is 17.2 Å². The monoisotopic (exact) mass is 319 g/mol. The van der Waals surface area contributed by atoms with Crippen LogP contribution in [0.25, 0.3) is 11.5 Å². The van der Waals surface area contributed by atoms with Gasteiger partial charge in [-0.2, -0.15) is 0 Å². The van der Waals surface area contributed by atoms with E-state index < -0.39 is 0 Å². The molecule has 3 aromatic rings. The summed E-state index contributed by atoms with van der Waals surface area (Å²) in [6.45, 7) is 1.99. The zero-order chi connectivity index (χ0) is 14.7. The molecular formula is C14H13N3O2S2. The van der Waals surface area contributed by atoms with Crippen molar-refractivity contribution >= 4 is 23.1 Å². The molecule has 0 radical (unpaired) electrons. The average Bonchev–Trinajstić information content (AvgIpc) is 3.14. The number of methoxy groups -OCH3 is 1. The quantitative estimate of drug-likeness (QED) is 0.667. The number of aromatic nitrogens is 3. The number of thioether (sulfide) groups is 1. The van der Waals surface area contributed by atoms with Crippen LogP contribution in [0.4, 0.5) is 0 Å². The van der Waals surface area contributed by atoms with Crippen molar-refractivity contribution in [2.24, 2.45) is 0 Å². The molecule has 1 aromatic carbocycles. The lowest BCUT2D eigenvalue weighted by atomic mass is 10.2. The van der Waals surface area contributed by atoms with E-state index in [0.29, 0.717) is 11.1 Å². The maximum absolute atomic E-state index is 5.65. The van der Waals surface area contributed by atoms with Gasteiger partial charge in [-0.1, -0.05) is 11.8 Å². The molecule has 7 heteroatoms. The zero-order valence-electron chi connectivity index (χ0n) is 11.6. The first kappa shape index (κ1) is 14.1. The fourth-order valence-electron chi connectivity index (χ4n) is 1.73. The first-order valence-corrected chi connectivity index (χ1v) is 8.13. The molecule has 0 spiro atoms. The van der Waals surface area contributed by atoms with Crippen LogP contribution in [0, 0.1) is 6.92 Å². The molecule has 0 aliphatic rings. The van der Waals surface area contributed by atoms with E-state index in [4.69, 9.17) is 9.15 Å². The Bertz CT molecular complexity index is 722. The van der Waals surface area contributed by atoms with E-state index in [1.54, 1.807) is 18.4 Å². The maximum atomic E-state index is 5.65. The summed E-state index contributed by atoms with van der Waals surface area (Å²) in [5, 5.41) is 11.8. The third kappa shape index (κ3) is 3.43. The number of benzene rings is 1. The van der Waals surface area contributed by atoms with Gasteiger partial charge < -0.3 is 9.15 Å². The molecule has 0 N–H and O–H groups in total. The van der Waals surface area contributed by atoms with E-state index in [2.05, 4.69) is 15.2 Å². The first-order chi connectivity index (χ1) is 10.2. The fourth-order valence-corrected chi connectivity index (χ4v) is 3.10. The predicted octanol–water partition coefficient (Wildman–Crippen LogP) is 3.80. The number of aryl methyl sites for hydroxylation is 1. The van der Waals surface area contributed by atoms with Crippen LogP contribution in [-0.4, -0.2) is 22.3 Å².